The fraction of sp³-hybridized carbons (Fsp3) is 0.444. The molecule has 2 rings (SSSR count). The molecule has 58 valence electrons. The lowest BCUT2D eigenvalue weighted by Gasteiger charge is -2.12. The Balaban J connectivity index is 2.37. The van der Waals surface area contributed by atoms with Crippen molar-refractivity contribution in [2.24, 2.45) is 0 Å². The Hall–Kier alpha value is -1.05. The van der Waals surface area contributed by atoms with Gasteiger partial charge in [0.15, 0.2) is 0 Å². The summed E-state index contributed by atoms with van der Waals surface area (Å²) < 4.78 is 2.13. The highest BCUT2D eigenvalue weighted by atomic mass is 15.0. The normalized spacial score (nSPS) is 15.9. The van der Waals surface area contributed by atoms with Gasteiger partial charge in [-0.05, 0) is 12.8 Å². The maximum Gasteiger partial charge on any atom is 0.113 e. The van der Waals surface area contributed by atoms with Crippen LogP contribution < -0.4 is 0 Å². The quantitative estimate of drug-likeness (QED) is 0.596. The molecule has 0 aliphatic carbocycles. The summed E-state index contributed by atoms with van der Waals surface area (Å²) in [5.41, 5.74) is 1.52. The van der Waals surface area contributed by atoms with E-state index in [0.29, 0.717) is 0 Å². The van der Waals surface area contributed by atoms with Gasteiger partial charge in [-0.15, -0.1) is 0 Å². The van der Waals surface area contributed by atoms with Crippen molar-refractivity contribution in [2.45, 2.75) is 26.2 Å². The first kappa shape index (κ1) is 6.65. The molecule has 0 spiro atoms. The Morgan fingerprint density at radius 3 is 3.27 bits per heavy atom. The van der Waals surface area contributed by atoms with Crippen molar-refractivity contribution in [1.82, 2.24) is 9.55 Å². The Kier molecular flexibility index (Phi) is 1.53. The molecule has 2 nitrogen and oxygen atoms in total. The van der Waals surface area contributed by atoms with Crippen LogP contribution in [0.4, 0.5) is 0 Å². The average molecular weight is 148 g/mol. The maximum atomic E-state index is 4.24. The second-order valence-electron chi connectivity index (χ2n) is 2.89. The van der Waals surface area contributed by atoms with Crippen molar-refractivity contribution in [3.8, 4) is 0 Å². The van der Waals surface area contributed by atoms with Gasteiger partial charge in [0, 0.05) is 25.0 Å². The zero-order valence-corrected chi connectivity index (χ0v) is 6.75. The van der Waals surface area contributed by atoms with E-state index in [1.54, 1.807) is 0 Å². The summed E-state index contributed by atoms with van der Waals surface area (Å²) in [5, 5.41) is 0. The number of rotatable bonds is 1. The molecule has 1 aromatic heterocycles. The van der Waals surface area contributed by atoms with Crippen LogP contribution in [-0.4, -0.2) is 9.55 Å². The molecule has 2 heteroatoms. The third kappa shape index (κ3) is 1.09. The highest BCUT2D eigenvalue weighted by Gasteiger charge is 2.08. The van der Waals surface area contributed by atoms with Crippen LogP contribution in [-0.2, 0) is 6.42 Å². The highest BCUT2D eigenvalue weighted by molar-refractivity contribution is 5.35. The molecule has 0 N–H and O–H groups in total. The van der Waals surface area contributed by atoms with E-state index in [2.05, 4.69) is 22.7 Å². The molecular formula is C9H12N2. The molecule has 0 bridgehead atoms. The van der Waals surface area contributed by atoms with Gasteiger partial charge < -0.3 is 4.57 Å². The fourth-order valence-corrected chi connectivity index (χ4v) is 1.46. The molecule has 0 saturated carbocycles. The van der Waals surface area contributed by atoms with Crippen molar-refractivity contribution in [1.29, 1.82) is 0 Å². The van der Waals surface area contributed by atoms with Gasteiger partial charge in [-0.25, -0.2) is 4.98 Å². The van der Waals surface area contributed by atoms with Crippen molar-refractivity contribution in [2.75, 3.05) is 0 Å². The summed E-state index contributed by atoms with van der Waals surface area (Å²) in [7, 11) is 0. The van der Waals surface area contributed by atoms with E-state index in [-0.39, 0.29) is 0 Å². The van der Waals surface area contributed by atoms with Crippen LogP contribution in [0.15, 0.2) is 18.0 Å². The predicted molar refractivity (Wildman–Crippen MR) is 45.1 cm³/mol. The Morgan fingerprint density at radius 2 is 2.45 bits per heavy atom. The number of allylic oxidation sites excluding steroid dienone is 1. The van der Waals surface area contributed by atoms with Crippen LogP contribution in [0.2, 0.25) is 0 Å². The molecule has 0 amide bonds. The van der Waals surface area contributed by atoms with E-state index in [9.17, 15) is 0 Å². The standard InChI is InChI=1S/C9H12N2/c1-2-8-3-4-9-10-5-6-11(9)7-8/h5-7H,2-4H2,1H3. The van der Waals surface area contributed by atoms with Gasteiger partial charge in [-0.2, -0.15) is 0 Å². The molecule has 1 aliphatic heterocycles. The minimum atomic E-state index is 1.10. The molecule has 0 fully saturated rings. The molecule has 0 saturated heterocycles. The number of hydrogen-bond acceptors (Lipinski definition) is 1. The van der Waals surface area contributed by atoms with Crippen LogP contribution in [0.5, 0.6) is 0 Å². The van der Waals surface area contributed by atoms with Crippen LogP contribution in [0.1, 0.15) is 25.6 Å². The fourth-order valence-electron chi connectivity index (χ4n) is 1.46. The van der Waals surface area contributed by atoms with Gasteiger partial charge in [0.1, 0.15) is 5.82 Å². The van der Waals surface area contributed by atoms with Crippen LogP contribution in [0.25, 0.3) is 6.20 Å². The number of aromatic nitrogens is 2. The van der Waals surface area contributed by atoms with E-state index in [1.807, 2.05) is 12.4 Å². The number of fused-ring (bicyclic) bond motifs is 1. The lowest BCUT2D eigenvalue weighted by Crippen LogP contribution is -2.04. The van der Waals surface area contributed by atoms with E-state index in [1.165, 1.54) is 17.8 Å². The SMILES string of the molecule is CCC1=Cn2ccnc2CC1. The molecule has 0 aromatic carbocycles. The van der Waals surface area contributed by atoms with Crippen LogP contribution >= 0.6 is 0 Å². The Morgan fingerprint density at radius 1 is 1.55 bits per heavy atom. The van der Waals surface area contributed by atoms with Crippen LogP contribution in [0, 0.1) is 0 Å². The molecule has 0 unspecified atom stereocenters. The number of aryl methyl sites for hydroxylation is 1. The largest absolute Gasteiger partial charge is 0.311 e. The monoisotopic (exact) mass is 148 g/mol. The molecule has 0 radical (unpaired) electrons. The zero-order valence-electron chi connectivity index (χ0n) is 6.75. The maximum absolute atomic E-state index is 4.24. The van der Waals surface area contributed by atoms with Gasteiger partial charge in [-0.3, -0.25) is 0 Å². The van der Waals surface area contributed by atoms with E-state index in [4.69, 9.17) is 0 Å². The lowest BCUT2D eigenvalue weighted by molar-refractivity contribution is 0.778. The minimum Gasteiger partial charge on any atom is -0.311 e. The van der Waals surface area contributed by atoms with Gasteiger partial charge in [0.2, 0.25) is 0 Å². The van der Waals surface area contributed by atoms with E-state index < -0.39 is 0 Å². The Bertz CT molecular complexity index is 284. The molecule has 1 aromatic rings. The van der Waals surface area contributed by atoms with Gasteiger partial charge in [0.25, 0.3) is 0 Å². The molecule has 0 atom stereocenters. The third-order valence-electron chi connectivity index (χ3n) is 2.19. The third-order valence-corrected chi connectivity index (χ3v) is 2.19. The first-order chi connectivity index (χ1) is 5.40. The summed E-state index contributed by atoms with van der Waals surface area (Å²) in [6.45, 7) is 2.20. The van der Waals surface area contributed by atoms with Crippen molar-refractivity contribution >= 4 is 6.20 Å². The minimum absolute atomic E-state index is 1.10. The topological polar surface area (TPSA) is 17.8 Å². The van der Waals surface area contributed by atoms with Crippen molar-refractivity contribution < 1.29 is 0 Å². The molecular weight excluding hydrogens is 136 g/mol. The smallest absolute Gasteiger partial charge is 0.113 e. The van der Waals surface area contributed by atoms with Crippen molar-refractivity contribution in [3.05, 3.63) is 23.8 Å². The average Bonchev–Trinajstić information content (AvgIpc) is 2.50. The van der Waals surface area contributed by atoms with Gasteiger partial charge >= 0.3 is 0 Å². The summed E-state index contributed by atoms with van der Waals surface area (Å²) >= 11 is 0. The second-order valence-corrected chi connectivity index (χ2v) is 2.89. The predicted octanol–water partition coefficient (Wildman–Crippen LogP) is 2.08. The number of hydrogen-bond donors (Lipinski definition) is 0. The number of imidazole rings is 1. The van der Waals surface area contributed by atoms with Crippen LogP contribution in [0.3, 0.4) is 0 Å². The number of nitrogens with zero attached hydrogens (tertiary/aromatic N) is 2. The summed E-state index contributed by atoms with van der Waals surface area (Å²) in [6, 6.07) is 0. The lowest BCUT2D eigenvalue weighted by atomic mass is 10.1. The summed E-state index contributed by atoms with van der Waals surface area (Å²) in [4.78, 5) is 4.24. The Labute approximate surface area is 66.6 Å². The van der Waals surface area contributed by atoms with E-state index >= 15 is 0 Å². The molecule has 1 aliphatic rings. The highest BCUT2D eigenvalue weighted by Crippen LogP contribution is 2.18. The summed E-state index contributed by atoms with van der Waals surface area (Å²) in [5.74, 6) is 1.20. The second kappa shape index (κ2) is 2.53. The first-order valence-electron chi connectivity index (χ1n) is 4.11. The van der Waals surface area contributed by atoms with Gasteiger partial charge in [0.05, 0.1) is 0 Å². The first-order valence-corrected chi connectivity index (χ1v) is 4.11. The summed E-state index contributed by atoms with van der Waals surface area (Å²) in [6.07, 6.45) is 9.54. The molecule has 2 heterocycles. The van der Waals surface area contributed by atoms with E-state index in [0.717, 1.165) is 12.8 Å². The molecule has 11 heavy (non-hydrogen) atoms. The van der Waals surface area contributed by atoms with Gasteiger partial charge in [-0.1, -0.05) is 12.5 Å². The van der Waals surface area contributed by atoms with Crippen molar-refractivity contribution in [3.63, 3.8) is 0 Å². The zero-order chi connectivity index (χ0) is 7.68.